The van der Waals surface area contributed by atoms with Crippen molar-refractivity contribution in [2.45, 2.75) is 26.1 Å². The van der Waals surface area contributed by atoms with Crippen molar-refractivity contribution in [1.82, 2.24) is 24.6 Å². The Balaban J connectivity index is 1.51. The third kappa shape index (κ3) is 4.37. The molecule has 1 aromatic carbocycles. The second-order valence-corrected chi connectivity index (χ2v) is 7.48. The van der Waals surface area contributed by atoms with E-state index >= 15 is 0 Å². The van der Waals surface area contributed by atoms with Crippen molar-refractivity contribution in [3.8, 4) is 23.1 Å². The maximum atomic E-state index is 12.9. The van der Waals surface area contributed by atoms with Crippen LogP contribution in [-0.2, 0) is 19.6 Å². The lowest BCUT2D eigenvalue weighted by Gasteiger charge is -2.17. The quantitative estimate of drug-likeness (QED) is 0.521. The maximum Gasteiger partial charge on any atom is 0.272 e. The van der Waals surface area contributed by atoms with Crippen LogP contribution in [0.25, 0.3) is 11.1 Å². The van der Waals surface area contributed by atoms with Crippen LogP contribution in [0.5, 0.6) is 5.88 Å². The average Bonchev–Trinajstić information content (AvgIpc) is 3.33. The SMILES string of the molecule is N#CCn1cc(-c2ccc(CN3Cc4ncnc(OCC(F)F)c4C3=O)c(P)c2)cn1. The Hall–Kier alpha value is -3.44. The fourth-order valence-corrected chi connectivity index (χ4v) is 3.69. The Labute approximate surface area is 178 Å². The summed E-state index contributed by atoms with van der Waals surface area (Å²) in [5, 5.41) is 13.8. The van der Waals surface area contributed by atoms with Gasteiger partial charge in [-0.1, -0.05) is 12.1 Å². The predicted octanol–water partition coefficient (Wildman–Crippen LogP) is 2.16. The number of nitriles is 1. The molecular formula is C20H17F2N6O2P. The molecule has 11 heteroatoms. The highest BCUT2D eigenvalue weighted by molar-refractivity contribution is 7.27. The van der Waals surface area contributed by atoms with Crippen molar-refractivity contribution in [3.05, 3.63) is 53.7 Å². The lowest BCUT2D eigenvalue weighted by atomic mass is 10.1. The van der Waals surface area contributed by atoms with Gasteiger partial charge in [-0.05, 0) is 22.5 Å². The number of hydrogen-bond donors (Lipinski definition) is 0. The number of rotatable bonds is 7. The molecule has 2 aromatic heterocycles. The van der Waals surface area contributed by atoms with Crippen molar-refractivity contribution < 1.29 is 18.3 Å². The van der Waals surface area contributed by atoms with Gasteiger partial charge >= 0.3 is 0 Å². The third-order valence-corrected chi connectivity index (χ3v) is 5.32. The van der Waals surface area contributed by atoms with Gasteiger partial charge in [0, 0.05) is 18.3 Å². The number of carbonyl (C=O) groups is 1. The zero-order valence-electron chi connectivity index (χ0n) is 16.2. The fraction of sp³-hybridized carbons (Fsp3) is 0.250. The van der Waals surface area contributed by atoms with E-state index < -0.39 is 13.0 Å². The maximum absolute atomic E-state index is 12.9. The molecule has 158 valence electrons. The van der Waals surface area contributed by atoms with E-state index in [4.69, 9.17) is 10.00 Å². The first-order valence-corrected chi connectivity index (χ1v) is 9.86. The van der Waals surface area contributed by atoms with Gasteiger partial charge in [0.05, 0.1) is 24.5 Å². The van der Waals surface area contributed by atoms with Gasteiger partial charge in [0.15, 0.2) is 6.61 Å². The number of amides is 1. The van der Waals surface area contributed by atoms with Crippen LogP contribution in [0.4, 0.5) is 8.78 Å². The summed E-state index contributed by atoms with van der Waals surface area (Å²) in [6.07, 6.45) is 2.03. The summed E-state index contributed by atoms with van der Waals surface area (Å²) in [5.74, 6) is -0.472. The summed E-state index contributed by atoms with van der Waals surface area (Å²) < 4.78 is 31.5. The highest BCUT2D eigenvalue weighted by Crippen LogP contribution is 2.29. The fourth-order valence-electron chi connectivity index (χ4n) is 3.32. The highest BCUT2D eigenvalue weighted by Gasteiger charge is 2.33. The molecule has 3 heterocycles. The van der Waals surface area contributed by atoms with Crippen molar-refractivity contribution >= 4 is 20.5 Å². The number of ether oxygens (including phenoxy) is 1. The van der Waals surface area contributed by atoms with Crippen molar-refractivity contribution in [2.75, 3.05) is 6.61 Å². The second-order valence-electron chi connectivity index (χ2n) is 6.86. The van der Waals surface area contributed by atoms with Crippen LogP contribution < -0.4 is 10.0 Å². The van der Waals surface area contributed by atoms with E-state index in [1.165, 1.54) is 6.33 Å². The summed E-state index contributed by atoms with van der Waals surface area (Å²) in [6.45, 7) is -0.0982. The zero-order valence-corrected chi connectivity index (χ0v) is 17.4. The Morgan fingerprint density at radius 3 is 2.87 bits per heavy atom. The minimum atomic E-state index is -2.66. The van der Waals surface area contributed by atoms with Gasteiger partial charge in [-0.25, -0.2) is 18.7 Å². The third-order valence-electron chi connectivity index (χ3n) is 4.79. The Morgan fingerprint density at radius 1 is 1.29 bits per heavy atom. The molecule has 0 fully saturated rings. The standard InChI is InChI=1S/C20H17F2N6O2P/c21-17(22)10-30-19-18-15(24-11-25-19)9-27(20(18)29)7-13-2-1-12(5-16(13)31)14-6-26-28(8-14)4-3-23/h1-2,5-6,8,11,17H,4,7,9-10,31H2. The van der Waals surface area contributed by atoms with Crippen LogP contribution in [0.15, 0.2) is 36.9 Å². The van der Waals surface area contributed by atoms with Crippen LogP contribution in [0.1, 0.15) is 21.6 Å². The van der Waals surface area contributed by atoms with Gasteiger partial charge in [-0.3, -0.25) is 9.48 Å². The van der Waals surface area contributed by atoms with Crippen LogP contribution in [0.2, 0.25) is 0 Å². The molecule has 0 radical (unpaired) electrons. The molecule has 4 rings (SSSR count). The lowest BCUT2D eigenvalue weighted by Crippen LogP contribution is -2.25. The van der Waals surface area contributed by atoms with Crippen LogP contribution >= 0.6 is 9.24 Å². The van der Waals surface area contributed by atoms with E-state index in [0.717, 1.165) is 22.0 Å². The van der Waals surface area contributed by atoms with Crippen LogP contribution in [0.3, 0.4) is 0 Å². The molecule has 1 aliphatic heterocycles. The number of carbonyl (C=O) groups excluding carboxylic acids is 1. The number of halogens is 2. The summed E-state index contributed by atoms with van der Waals surface area (Å²) in [5.41, 5.74) is 3.31. The van der Waals surface area contributed by atoms with Gasteiger partial charge in [0.1, 0.15) is 18.4 Å². The molecule has 1 aliphatic rings. The molecule has 0 saturated carbocycles. The molecule has 1 atom stereocenters. The monoisotopic (exact) mass is 442 g/mol. The molecule has 0 spiro atoms. The largest absolute Gasteiger partial charge is 0.471 e. The topological polar surface area (TPSA) is 96.9 Å². The Kier molecular flexibility index (Phi) is 5.87. The molecule has 0 saturated heterocycles. The van der Waals surface area contributed by atoms with E-state index in [1.54, 1.807) is 22.0 Å². The van der Waals surface area contributed by atoms with Crippen molar-refractivity contribution in [2.24, 2.45) is 0 Å². The average molecular weight is 442 g/mol. The molecule has 0 N–H and O–H groups in total. The minimum Gasteiger partial charge on any atom is -0.471 e. The number of benzene rings is 1. The molecule has 0 aliphatic carbocycles. The predicted molar refractivity (Wildman–Crippen MR) is 110 cm³/mol. The smallest absolute Gasteiger partial charge is 0.272 e. The number of nitrogens with zero attached hydrogens (tertiary/aromatic N) is 6. The van der Waals surface area contributed by atoms with E-state index in [9.17, 15) is 13.6 Å². The molecule has 1 unspecified atom stereocenters. The van der Waals surface area contributed by atoms with Gasteiger partial charge in [-0.15, -0.1) is 9.24 Å². The molecular weight excluding hydrogens is 425 g/mol. The number of alkyl halides is 2. The van der Waals surface area contributed by atoms with Gasteiger partial charge in [0.2, 0.25) is 5.88 Å². The summed E-state index contributed by atoms with van der Waals surface area (Å²) >= 11 is 0. The number of hydrogen-bond acceptors (Lipinski definition) is 6. The summed E-state index contributed by atoms with van der Waals surface area (Å²) in [7, 11) is 2.66. The first-order valence-electron chi connectivity index (χ1n) is 9.28. The molecule has 3 aromatic rings. The summed E-state index contributed by atoms with van der Waals surface area (Å²) in [6, 6.07) is 7.83. The van der Waals surface area contributed by atoms with E-state index in [2.05, 4.69) is 24.3 Å². The van der Waals surface area contributed by atoms with Gasteiger partial charge < -0.3 is 9.64 Å². The summed E-state index contributed by atoms with van der Waals surface area (Å²) in [4.78, 5) is 22.4. The van der Waals surface area contributed by atoms with E-state index in [-0.39, 0.29) is 30.4 Å². The first-order chi connectivity index (χ1) is 15.0. The number of fused-ring (bicyclic) bond motifs is 1. The van der Waals surface area contributed by atoms with Crippen LogP contribution in [0, 0.1) is 11.3 Å². The van der Waals surface area contributed by atoms with E-state index in [0.29, 0.717) is 12.2 Å². The zero-order chi connectivity index (χ0) is 22.0. The molecule has 1 amide bonds. The molecule has 0 bridgehead atoms. The van der Waals surface area contributed by atoms with Crippen LogP contribution in [-0.4, -0.2) is 43.6 Å². The Bertz CT molecular complexity index is 1180. The van der Waals surface area contributed by atoms with E-state index in [1.807, 2.05) is 24.3 Å². The molecule has 31 heavy (non-hydrogen) atoms. The van der Waals surface area contributed by atoms with Crippen molar-refractivity contribution in [1.29, 1.82) is 5.26 Å². The minimum absolute atomic E-state index is 0.117. The Morgan fingerprint density at radius 2 is 2.13 bits per heavy atom. The lowest BCUT2D eigenvalue weighted by molar-refractivity contribution is 0.0719. The normalized spacial score (nSPS) is 12.9. The highest BCUT2D eigenvalue weighted by atomic mass is 31.0. The molecule has 8 nitrogen and oxygen atoms in total. The number of aromatic nitrogens is 4. The van der Waals surface area contributed by atoms with Crippen molar-refractivity contribution in [3.63, 3.8) is 0 Å². The van der Waals surface area contributed by atoms with Gasteiger partial charge in [0.25, 0.3) is 12.3 Å². The van der Waals surface area contributed by atoms with Gasteiger partial charge in [-0.2, -0.15) is 10.4 Å². The second kappa shape index (κ2) is 8.74. The first kappa shape index (κ1) is 20.8.